The average molecular weight is 247 g/mol. The van der Waals surface area contributed by atoms with Crippen molar-refractivity contribution in [3.05, 3.63) is 29.8 Å². The zero-order chi connectivity index (χ0) is 13.1. The molecule has 2 rings (SSSR count). The van der Waals surface area contributed by atoms with E-state index in [2.05, 4.69) is 17.0 Å². The number of anilines is 1. The Labute approximate surface area is 108 Å². The second kappa shape index (κ2) is 5.40. The Morgan fingerprint density at radius 3 is 2.50 bits per heavy atom. The highest BCUT2D eigenvalue weighted by molar-refractivity contribution is 5.77. The molecule has 1 saturated heterocycles. The maximum Gasteiger partial charge on any atom is 0.220 e. The van der Waals surface area contributed by atoms with Gasteiger partial charge in [-0.1, -0.05) is 18.2 Å². The summed E-state index contributed by atoms with van der Waals surface area (Å²) in [5.41, 5.74) is 13.7. The molecule has 4 nitrogen and oxygen atoms in total. The normalized spacial score (nSPS) is 18.7. The van der Waals surface area contributed by atoms with Crippen molar-refractivity contribution in [2.75, 3.05) is 18.0 Å². The summed E-state index contributed by atoms with van der Waals surface area (Å²) in [6.45, 7) is 3.74. The number of carbonyl (C=O) groups excluding carboxylic acids is 1. The zero-order valence-corrected chi connectivity index (χ0v) is 10.8. The van der Waals surface area contributed by atoms with Crippen molar-refractivity contribution in [2.45, 2.75) is 25.8 Å². The van der Waals surface area contributed by atoms with Crippen LogP contribution in [0.2, 0.25) is 0 Å². The monoisotopic (exact) mass is 247 g/mol. The van der Waals surface area contributed by atoms with E-state index in [1.807, 2.05) is 19.1 Å². The lowest BCUT2D eigenvalue weighted by atomic mass is 9.95. The first-order chi connectivity index (χ1) is 8.59. The quantitative estimate of drug-likeness (QED) is 0.848. The van der Waals surface area contributed by atoms with Crippen LogP contribution < -0.4 is 16.4 Å². The molecule has 1 atom stereocenters. The smallest absolute Gasteiger partial charge is 0.220 e. The minimum absolute atomic E-state index is 0.0232. The number of para-hydroxylation sites is 1. The van der Waals surface area contributed by atoms with Crippen molar-refractivity contribution in [2.24, 2.45) is 17.4 Å². The van der Waals surface area contributed by atoms with Gasteiger partial charge in [0.15, 0.2) is 0 Å². The zero-order valence-electron chi connectivity index (χ0n) is 10.8. The number of hydrogen-bond donors (Lipinski definition) is 2. The minimum Gasteiger partial charge on any atom is -0.371 e. The van der Waals surface area contributed by atoms with Crippen molar-refractivity contribution >= 4 is 11.6 Å². The van der Waals surface area contributed by atoms with Crippen LogP contribution in [-0.4, -0.2) is 19.0 Å². The molecule has 1 amide bonds. The Morgan fingerprint density at radius 1 is 1.33 bits per heavy atom. The number of carbonyl (C=O) groups is 1. The van der Waals surface area contributed by atoms with E-state index in [1.165, 1.54) is 5.69 Å². The summed E-state index contributed by atoms with van der Waals surface area (Å²) >= 11 is 0. The van der Waals surface area contributed by atoms with E-state index in [0.717, 1.165) is 31.5 Å². The standard InChI is InChI=1S/C14H21N3O/c1-10(15)12-4-2-3-5-13(12)17-8-6-11(7-9-17)14(16)18/h2-5,10-11H,6-9,15H2,1H3,(H2,16,18)/t10-/m0/s1. The molecule has 0 unspecified atom stereocenters. The average Bonchev–Trinajstić information content (AvgIpc) is 2.39. The molecular formula is C14H21N3O. The number of nitrogens with zero attached hydrogens (tertiary/aromatic N) is 1. The molecule has 0 spiro atoms. The predicted molar refractivity (Wildman–Crippen MR) is 73.2 cm³/mol. The van der Waals surface area contributed by atoms with Gasteiger partial charge in [0.1, 0.15) is 0 Å². The molecule has 4 N–H and O–H groups in total. The molecule has 1 aromatic rings. The van der Waals surface area contributed by atoms with Crippen molar-refractivity contribution in [1.29, 1.82) is 0 Å². The van der Waals surface area contributed by atoms with E-state index < -0.39 is 0 Å². The molecule has 18 heavy (non-hydrogen) atoms. The predicted octanol–water partition coefficient (Wildman–Crippen LogP) is 1.41. The number of primary amides is 1. The highest BCUT2D eigenvalue weighted by Gasteiger charge is 2.24. The summed E-state index contributed by atoms with van der Waals surface area (Å²) in [5.74, 6) is -0.140. The second-order valence-corrected chi connectivity index (χ2v) is 5.01. The molecule has 1 fully saturated rings. The number of amides is 1. The SMILES string of the molecule is C[C@H](N)c1ccccc1N1CCC(C(N)=O)CC1. The van der Waals surface area contributed by atoms with Crippen LogP contribution in [0.3, 0.4) is 0 Å². The molecule has 0 aliphatic carbocycles. The first kappa shape index (κ1) is 12.9. The Morgan fingerprint density at radius 2 is 1.94 bits per heavy atom. The van der Waals surface area contributed by atoms with E-state index in [9.17, 15) is 4.79 Å². The van der Waals surface area contributed by atoms with E-state index >= 15 is 0 Å². The molecule has 1 aliphatic heterocycles. The highest BCUT2D eigenvalue weighted by Crippen LogP contribution is 2.28. The van der Waals surface area contributed by atoms with Gasteiger partial charge in [0.2, 0.25) is 5.91 Å². The molecule has 0 radical (unpaired) electrons. The molecule has 0 bridgehead atoms. The molecule has 1 aliphatic rings. The van der Waals surface area contributed by atoms with Crippen molar-refractivity contribution < 1.29 is 4.79 Å². The summed E-state index contributed by atoms with van der Waals surface area (Å²) in [4.78, 5) is 13.5. The number of benzene rings is 1. The Balaban J connectivity index is 2.12. The van der Waals surface area contributed by atoms with Gasteiger partial charge in [-0.15, -0.1) is 0 Å². The Bertz CT molecular complexity index is 423. The van der Waals surface area contributed by atoms with Gasteiger partial charge in [-0.25, -0.2) is 0 Å². The molecule has 0 saturated carbocycles. The Kier molecular flexibility index (Phi) is 3.87. The molecule has 98 valence electrons. The fourth-order valence-electron chi connectivity index (χ4n) is 2.57. The lowest BCUT2D eigenvalue weighted by molar-refractivity contribution is -0.122. The van der Waals surface area contributed by atoms with Gasteiger partial charge in [-0.05, 0) is 31.4 Å². The van der Waals surface area contributed by atoms with Gasteiger partial charge < -0.3 is 16.4 Å². The fraction of sp³-hybridized carbons (Fsp3) is 0.500. The number of nitrogens with two attached hydrogens (primary N) is 2. The lowest BCUT2D eigenvalue weighted by Gasteiger charge is -2.34. The summed E-state index contributed by atoms with van der Waals surface area (Å²) in [6.07, 6.45) is 1.67. The van der Waals surface area contributed by atoms with Crippen molar-refractivity contribution in [1.82, 2.24) is 0 Å². The first-order valence-electron chi connectivity index (χ1n) is 6.48. The number of hydrogen-bond acceptors (Lipinski definition) is 3. The van der Waals surface area contributed by atoms with Gasteiger partial charge in [0, 0.05) is 30.7 Å². The summed E-state index contributed by atoms with van der Waals surface area (Å²) in [7, 11) is 0. The molecule has 4 heteroatoms. The summed E-state index contributed by atoms with van der Waals surface area (Å²) in [5, 5.41) is 0. The van der Waals surface area contributed by atoms with Crippen LogP contribution in [0.4, 0.5) is 5.69 Å². The van der Waals surface area contributed by atoms with E-state index in [4.69, 9.17) is 11.5 Å². The number of rotatable bonds is 3. The van der Waals surface area contributed by atoms with E-state index in [0.29, 0.717) is 0 Å². The van der Waals surface area contributed by atoms with Crippen LogP contribution in [0.5, 0.6) is 0 Å². The second-order valence-electron chi connectivity index (χ2n) is 5.01. The minimum atomic E-state index is -0.171. The molecule has 1 aromatic carbocycles. The van der Waals surface area contributed by atoms with Crippen LogP contribution in [0.25, 0.3) is 0 Å². The van der Waals surface area contributed by atoms with Crippen molar-refractivity contribution in [3.63, 3.8) is 0 Å². The molecule has 0 aromatic heterocycles. The maximum atomic E-state index is 11.2. The van der Waals surface area contributed by atoms with Gasteiger partial charge >= 0.3 is 0 Å². The van der Waals surface area contributed by atoms with Crippen LogP contribution in [0.15, 0.2) is 24.3 Å². The van der Waals surface area contributed by atoms with Crippen LogP contribution in [0, 0.1) is 5.92 Å². The number of piperidine rings is 1. The van der Waals surface area contributed by atoms with Gasteiger partial charge in [-0.3, -0.25) is 4.79 Å². The van der Waals surface area contributed by atoms with Crippen LogP contribution >= 0.6 is 0 Å². The van der Waals surface area contributed by atoms with Gasteiger partial charge in [-0.2, -0.15) is 0 Å². The van der Waals surface area contributed by atoms with E-state index in [1.54, 1.807) is 0 Å². The van der Waals surface area contributed by atoms with Crippen LogP contribution in [-0.2, 0) is 4.79 Å². The highest BCUT2D eigenvalue weighted by atomic mass is 16.1. The van der Waals surface area contributed by atoms with Gasteiger partial charge in [0.05, 0.1) is 0 Å². The summed E-state index contributed by atoms with van der Waals surface area (Å²) in [6, 6.07) is 8.23. The third-order valence-corrected chi connectivity index (χ3v) is 3.67. The van der Waals surface area contributed by atoms with Crippen molar-refractivity contribution in [3.8, 4) is 0 Å². The fourth-order valence-corrected chi connectivity index (χ4v) is 2.57. The molecule has 1 heterocycles. The topological polar surface area (TPSA) is 72.3 Å². The lowest BCUT2D eigenvalue weighted by Crippen LogP contribution is -2.39. The largest absolute Gasteiger partial charge is 0.371 e. The Hall–Kier alpha value is -1.55. The summed E-state index contributed by atoms with van der Waals surface area (Å²) < 4.78 is 0. The van der Waals surface area contributed by atoms with E-state index in [-0.39, 0.29) is 17.9 Å². The van der Waals surface area contributed by atoms with Crippen LogP contribution in [0.1, 0.15) is 31.4 Å². The third kappa shape index (κ3) is 2.64. The third-order valence-electron chi connectivity index (χ3n) is 3.67. The van der Waals surface area contributed by atoms with Gasteiger partial charge in [0.25, 0.3) is 0 Å². The maximum absolute atomic E-state index is 11.2. The first-order valence-corrected chi connectivity index (χ1v) is 6.48. The molecular weight excluding hydrogens is 226 g/mol.